The minimum Gasteiger partial charge on any atom is -0.451 e. The summed E-state index contributed by atoms with van der Waals surface area (Å²) in [6, 6.07) is 6.98. The van der Waals surface area contributed by atoms with Gasteiger partial charge in [0, 0.05) is 18.7 Å². The fraction of sp³-hybridized carbons (Fsp3) is 0.261. The van der Waals surface area contributed by atoms with E-state index in [1.54, 1.807) is 0 Å². The van der Waals surface area contributed by atoms with Crippen molar-refractivity contribution < 1.29 is 39.9 Å². The van der Waals surface area contributed by atoms with Crippen molar-refractivity contribution in [3.8, 4) is 11.5 Å². The van der Waals surface area contributed by atoms with E-state index in [1.807, 2.05) is 0 Å². The predicted molar refractivity (Wildman–Crippen MR) is 126 cm³/mol. The number of rotatable bonds is 7. The number of ether oxygens (including phenoxy) is 1. The number of hydrogen-bond donors (Lipinski definition) is 1. The third-order valence-electron chi connectivity index (χ3n) is 5.60. The third-order valence-corrected chi connectivity index (χ3v) is 9.21. The average molecular weight is 581 g/mol. The van der Waals surface area contributed by atoms with E-state index < -0.39 is 57.6 Å². The summed E-state index contributed by atoms with van der Waals surface area (Å²) >= 11 is 6.71. The minimum absolute atomic E-state index is 0.00756. The van der Waals surface area contributed by atoms with E-state index in [0.717, 1.165) is 39.9 Å². The molecule has 1 atom stereocenters. The van der Waals surface area contributed by atoms with E-state index in [0.29, 0.717) is 18.6 Å². The van der Waals surface area contributed by atoms with E-state index in [2.05, 4.69) is 5.32 Å². The summed E-state index contributed by atoms with van der Waals surface area (Å²) in [5.74, 6) is -4.02. The Labute approximate surface area is 217 Å². The van der Waals surface area contributed by atoms with Gasteiger partial charge in [-0.05, 0) is 55.3 Å². The van der Waals surface area contributed by atoms with Crippen LogP contribution in [0.15, 0.2) is 52.7 Å². The second kappa shape index (κ2) is 10.6. The molecule has 37 heavy (non-hydrogen) atoms. The number of nitrogens with zero attached hydrogens (tertiary/aromatic N) is 1. The molecule has 1 N–H and O–H groups in total. The van der Waals surface area contributed by atoms with Crippen molar-refractivity contribution in [2.75, 3.05) is 6.54 Å². The van der Waals surface area contributed by atoms with E-state index in [1.165, 1.54) is 12.1 Å². The number of thiophene rings is 1. The molecule has 1 aromatic heterocycles. The molecule has 2 aromatic carbocycles. The van der Waals surface area contributed by atoms with Crippen molar-refractivity contribution in [3.63, 3.8) is 0 Å². The summed E-state index contributed by atoms with van der Waals surface area (Å²) in [6.45, 7) is -0.296. The Bertz CT molecular complexity index is 1410. The van der Waals surface area contributed by atoms with Gasteiger partial charge in [0.05, 0.1) is 9.90 Å². The van der Waals surface area contributed by atoms with Gasteiger partial charge in [0.25, 0.3) is 10.0 Å². The Morgan fingerprint density at radius 3 is 2.43 bits per heavy atom. The van der Waals surface area contributed by atoms with Crippen LogP contribution in [0.25, 0.3) is 0 Å². The van der Waals surface area contributed by atoms with Gasteiger partial charge in [0.1, 0.15) is 16.0 Å². The number of halogens is 6. The van der Waals surface area contributed by atoms with Crippen molar-refractivity contribution in [3.05, 3.63) is 75.6 Å². The zero-order valence-electron chi connectivity index (χ0n) is 18.7. The molecule has 1 aliphatic heterocycles. The van der Waals surface area contributed by atoms with Crippen molar-refractivity contribution in [2.24, 2.45) is 0 Å². The number of carbonyl (C=O) groups is 1. The quantitative estimate of drug-likeness (QED) is 0.350. The molecule has 0 spiro atoms. The van der Waals surface area contributed by atoms with E-state index in [-0.39, 0.29) is 32.8 Å². The van der Waals surface area contributed by atoms with Gasteiger partial charge >= 0.3 is 6.18 Å². The van der Waals surface area contributed by atoms with E-state index in [4.69, 9.17) is 16.3 Å². The van der Waals surface area contributed by atoms with E-state index >= 15 is 0 Å². The van der Waals surface area contributed by atoms with Crippen LogP contribution in [0.3, 0.4) is 0 Å². The molecule has 3 aromatic rings. The van der Waals surface area contributed by atoms with Crippen LogP contribution in [0.2, 0.25) is 4.34 Å². The number of benzene rings is 2. The first-order chi connectivity index (χ1) is 17.4. The number of carbonyl (C=O) groups excluding carboxylic acids is 1. The first-order valence-corrected chi connectivity index (χ1v) is 13.4. The lowest BCUT2D eigenvalue weighted by atomic mass is 10.1. The molecule has 1 saturated heterocycles. The summed E-state index contributed by atoms with van der Waals surface area (Å²) < 4.78 is 99.8. The molecule has 0 aliphatic carbocycles. The minimum atomic E-state index is -4.59. The Balaban J connectivity index is 1.47. The van der Waals surface area contributed by atoms with Crippen LogP contribution in [-0.2, 0) is 27.5 Å². The number of amides is 1. The molecule has 0 radical (unpaired) electrons. The third kappa shape index (κ3) is 5.89. The fourth-order valence-corrected chi connectivity index (χ4v) is 7.04. The maximum Gasteiger partial charge on any atom is 0.416 e. The predicted octanol–water partition coefficient (Wildman–Crippen LogP) is 5.96. The molecule has 0 unspecified atom stereocenters. The lowest BCUT2D eigenvalue weighted by molar-refractivity contribution is -0.137. The molecule has 1 amide bonds. The van der Waals surface area contributed by atoms with Gasteiger partial charge in [0.15, 0.2) is 17.4 Å². The maximum absolute atomic E-state index is 15.0. The van der Waals surface area contributed by atoms with Gasteiger partial charge in [-0.1, -0.05) is 17.7 Å². The van der Waals surface area contributed by atoms with E-state index in [9.17, 15) is 35.2 Å². The Morgan fingerprint density at radius 2 is 1.81 bits per heavy atom. The van der Waals surface area contributed by atoms with Crippen LogP contribution in [0.1, 0.15) is 24.0 Å². The fourth-order valence-electron chi connectivity index (χ4n) is 3.78. The molecule has 14 heteroatoms. The summed E-state index contributed by atoms with van der Waals surface area (Å²) in [6.07, 6.45) is -3.90. The van der Waals surface area contributed by atoms with Gasteiger partial charge < -0.3 is 10.1 Å². The average Bonchev–Trinajstić information content (AvgIpc) is 3.51. The maximum atomic E-state index is 15.0. The first kappa shape index (κ1) is 27.3. The second-order valence-electron chi connectivity index (χ2n) is 8.02. The lowest BCUT2D eigenvalue weighted by Gasteiger charge is -2.22. The highest BCUT2D eigenvalue weighted by Crippen LogP contribution is 2.34. The number of alkyl halides is 3. The van der Waals surface area contributed by atoms with Crippen molar-refractivity contribution in [1.29, 1.82) is 0 Å². The van der Waals surface area contributed by atoms with Gasteiger partial charge in [-0.2, -0.15) is 17.5 Å². The number of hydrogen-bond acceptors (Lipinski definition) is 5. The molecule has 2 heterocycles. The van der Waals surface area contributed by atoms with Gasteiger partial charge in [0.2, 0.25) is 5.91 Å². The summed E-state index contributed by atoms with van der Waals surface area (Å²) in [5, 5.41) is 2.46. The molecular weight excluding hydrogens is 563 g/mol. The monoisotopic (exact) mass is 580 g/mol. The van der Waals surface area contributed by atoms with Crippen molar-refractivity contribution >= 4 is 38.9 Å². The molecule has 0 saturated carbocycles. The van der Waals surface area contributed by atoms with Crippen molar-refractivity contribution in [2.45, 2.75) is 35.8 Å². The summed E-state index contributed by atoms with van der Waals surface area (Å²) in [4.78, 5) is 12.8. The topological polar surface area (TPSA) is 75.7 Å². The largest absolute Gasteiger partial charge is 0.451 e. The van der Waals surface area contributed by atoms with Gasteiger partial charge in [-0.3, -0.25) is 4.79 Å². The van der Waals surface area contributed by atoms with Crippen LogP contribution in [0.4, 0.5) is 22.0 Å². The van der Waals surface area contributed by atoms with Gasteiger partial charge in [-0.15, -0.1) is 11.3 Å². The number of nitrogens with one attached hydrogen (secondary N) is 1. The second-order valence-corrected chi connectivity index (χ2v) is 11.9. The molecule has 1 fully saturated rings. The molecular formula is C23H18ClF5N2O4S2. The molecule has 6 nitrogen and oxygen atoms in total. The Kier molecular flexibility index (Phi) is 7.79. The first-order valence-electron chi connectivity index (χ1n) is 10.7. The highest BCUT2D eigenvalue weighted by Gasteiger charge is 2.40. The normalized spacial score (nSPS) is 16.6. The van der Waals surface area contributed by atoms with Crippen LogP contribution in [0.5, 0.6) is 11.5 Å². The Morgan fingerprint density at radius 1 is 1.11 bits per heavy atom. The van der Waals surface area contributed by atoms with Crippen LogP contribution < -0.4 is 10.1 Å². The zero-order valence-corrected chi connectivity index (χ0v) is 21.1. The van der Waals surface area contributed by atoms with Gasteiger partial charge in [-0.25, -0.2) is 17.2 Å². The highest BCUT2D eigenvalue weighted by atomic mass is 35.5. The molecule has 198 valence electrons. The van der Waals surface area contributed by atoms with Crippen LogP contribution >= 0.6 is 22.9 Å². The zero-order chi connectivity index (χ0) is 27.0. The summed E-state index contributed by atoms with van der Waals surface area (Å²) in [5.41, 5.74) is -1.13. The summed E-state index contributed by atoms with van der Waals surface area (Å²) in [7, 11) is -3.97. The molecule has 4 rings (SSSR count). The smallest absolute Gasteiger partial charge is 0.416 e. The SMILES string of the molecule is O=C(NCc1ccc(F)c(Oc2ccc(C(F)(F)F)cc2)c1F)[C@@H]1CCCN1S(=O)(=O)c1ccc(Cl)s1. The Hall–Kier alpha value is -2.74. The highest BCUT2D eigenvalue weighted by molar-refractivity contribution is 7.91. The lowest BCUT2D eigenvalue weighted by Crippen LogP contribution is -2.45. The molecule has 1 aliphatic rings. The molecule has 0 bridgehead atoms. The number of sulfonamides is 1. The van der Waals surface area contributed by atoms with Crippen LogP contribution in [-0.4, -0.2) is 31.2 Å². The van der Waals surface area contributed by atoms with Crippen LogP contribution in [0, 0.1) is 11.6 Å². The standard InChI is InChI=1S/C23H18ClF5N2O4S2/c24-18-9-10-19(36-18)37(33,34)31-11-1-2-17(31)22(32)30-12-13-3-8-16(25)21(20(13)26)35-15-6-4-14(5-7-15)23(27,28)29/h3-10,17H,1-2,11-12H2,(H,30,32)/t17-/m0/s1. The van der Waals surface area contributed by atoms with Crippen molar-refractivity contribution in [1.82, 2.24) is 9.62 Å².